The second kappa shape index (κ2) is 12.4. The molecule has 39 heavy (non-hydrogen) atoms. The highest BCUT2D eigenvalue weighted by Crippen LogP contribution is 2.37. The van der Waals surface area contributed by atoms with E-state index in [2.05, 4.69) is 4.90 Å². The normalized spacial score (nSPS) is 18.8. The summed E-state index contributed by atoms with van der Waals surface area (Å²) in [6.45, 7) is 4.59. The van der Waals surface area contributed by atoms with Crippen molar-refractivity contribution in [1.82, 2.24) is 14.1 Å². The second-order valence-corrected chi connectivity index (χ2v) is 14.5. The fraction of sp³-hybridized carbons (Fsp3) is 0.536. The van der Waals surface area contributed by atoms with Crippen LogP contribution in [0.3, 0.4) is 0 Å². The Hall–Kier alpha value is -1.06. The number of amides is 1. The molecule has 0 aromatic heterocycles. The Morgan fingerprint density at radius 2 is 1.49 bits per heavy atom. The molecule has 1 aliphatic heterocycles. The standard InChI is InChI=1S/C28H35Cl4N3O3S/c1-28(20-5-9-24(30)26(32)17-20,27(36)33(2)18-19-4-8-23(29)25(31)16-19)12-15-34-13-10-22(11-14-34)35(21-6-7-21)39(3,37)38/h4-5,8-9,16-17,21-22H,6-7,10-15,18H2,1-3H3. The Morgan fingerprint density at radius 1 is 0.923 bits per heavy atom. The predicted molar refractivity (Wildman–Crippen MR) is 161 cm³/mol. The van der Waals surface area contributed by atoms with Gasteiger partial charge in [-0.3, -0.25) is 4.79 Å². The third kappa shape index (κ3) is 7.42. The average molecular weight is 635 g/mol. The maximum atomic E-state index is 14.0. The zero-order valence-electron chi connectivity index (χ0n) is 22.5. The summed E-state index contributed by atoms with van der Waals surface area (Å²) in [5.41, 5.74) is 0.822. The van der Waals surface area contributed by atoms with Crippen LogP contribution in [-0.2, 0) is 26.8 Å². The lowest BCUT2D eigenvalue weighted by atomic mass is 9.77. The average Bonchev–Trinajstić information content (AvgIpc) is 3.71. The minimum Gasteiger partial charge on any atom is -0.341 e. The van der Waals surface area contributed by atoms with Gasteiger partial charge < -0.3 is 9.80 Å². The summed E-state index contributed by atoms with van der Waals surface area (Å²) in [6, 6.07) is 10.9. The molecule has 1 heterocycles. The van der Waals surface area contributed by atoms with Crippen LogP contribution in [0.4, 0.5) is 0 Å². The first kappa shape index (κ1) is 30.9. The molecule has 1 saturated heterocycles. The summed E-state index contributed by atoms with van der Waals surface area (Å²) in [5.74, 6) is -0.0427. The van der Waals surface area contributed by atoms with Crippen LogP contribution in [0, 0.1) is 0 Å². The highest BCUT2D eigenvalue weighted by atomic mass is 35.5. The van der Waals surface area contributed by atoms with Crippen molar-refractivity contribution in [3.8, 4) is 0 Å². The number of halogens is 4. The van der Waals surface area contributed by atoms with Gasteiger partial charge in [0.2, 0.25) is 15.9 Å². The Balaban J connectivity index is 1.48. The fourth-order valence-electron chi connectivity index (χ4n) is 5.57. The summed E-state index contributed by atoms with van der Waals surface area (Å²) >= 11 is 24.8. The molecule has 214 valence electrons. The third-order valence-electron chi connectivity index (χ3n) is 7.91. The number of carbonyl (C=O) groups excluding carboxylic acids is 1. The van der Waals surface area contributed by atoms with Crippen molar-refractivity contribution in [1.29, 1.82) is 0 Å². The van der Waals surface area contributed by atoms with Gasteiger partial charge in [-0.05, 0) is 94.1 Å². The molecule has 0 bridgehead atoms. The van der Waals surface area contributed by atoms with Crippen LogP contribution in [-0.4, -0.2) is 73.5 Å². The van der Waals surface area contributed by atoms with Gasteiger partial charge in [0, 0.05) is 25.7 Å². The summed E-state index contributed by atoms with van der Waals surface area (Å²) in [7, 11) is -1.44. The largest absolute Gasteiger partial charge is 0.341 e. The van der Waals surface area contributed by atoms with E-state index in [-0.39, 0.29) is 18.0 Å². The van der Waals surface area contributed by atoms with E-state index >= 15 is 0 Å². The molecule has 2 aromatic rings. The Morgan fingerprint density at radius 3 is 2.03 bits per heavy atom. The molecule has 2 fully saturated rings. The van der Waals surface area contributed by atoms with Crippen molar-refractivity contribution in [2.24, 2.45) is 0 Å². The van der Waals surface area contributed by atoms with Crippen LogP contribution in [0.5, 0.6) is 0 Å². The highest BCUT2D eigenvalue weighted by molar-refractivity contribution is 7.88. The van der Waals surface area contributed by atoms with Gasteiger partial charge in [0.05, 0.1) is 31.8 Å². The quantitative estimate of drug-likeness (QED) is 0.300. The van der Waals surface area contributed by atoms with Crippen molar-refractivity contribution in [2.75, 3.05) is 32.9 Å². The number of hydrogen-bond acceptors (Lipinski definition) is 4. The van der Waals surface area contributed by atoms with Crippen LogP contribution < -0.4 is 0 Å². The molecule has 0 radical (unpaired) electrons. The number of hydrogen-bond donors (Lipinski definition) is 0. The van der Waals surface area contributed by atoms with Crippen LogP contribution in [0.2, 0.25) is 20.1 Å². The van der Waals surface area contributed by atoms with Crippen LogP contribution >= 0.6 is 46.4 Å². The number of likely N-dealkylation sites (tertiary alicyclic amines) is 1. The first-order chi connectivity index (χ1) is 18.3. The predicted octanol–water partition coefficient (Wildman–Crippen LogP) is 6.50. The van der Waals surface area contributed by atoms with Crippen LogP contribution in [0.25, 0.3) is 0 Å². The molecule has 6 nitrogen and oxygen atoms in total. The summed E-state index contributed by atoms with van der Waals surface area (Å²) in [6.07, 6.45) is 5.37. The van der Waals surface area contributed by atoms with E-state index in [0.29, 0.717) is 39.6 Å². The Kier molecular flexibility index (Phi) is 9.85. The van der Waals surface area contributed by atoms with E-state index < -0.39 is 15.4 Å². The molecule has 0 N–H and O–H groups in total. The van der Waals surface area contributed by atoms with E-state index in [1.165, 1.54) is 6.26 Å². The topological polar surface area (TPSA) is 60.9 Å². The van der Waals surface area contributed by atoms with E-state index in [1.807, 2.05) is 19.1 Å². The van der Waals surface area contributed by atoms with Crippen molar-refractivity contribution >= 4 is 62.3 Å². The molecule has 0 spiro atoms. The van der Waals surface area contributed by atoms with Crippen LogP contribution in [0.15, 0.2) is 36.4 Å². The van der Waals surface area contributed by atoms with Crippen molar-refractivity contribution < 1.29 is 13.2 Å². The van der Waals surface area contributed by atoms with Gasteiger partial charge in [-0.15, -0.1) is 0 Å². The van der Waals surface area contributed by atoms with Gasteiger partial charge in [-0.1, -0.05) is 58.5 Å². The zero-order valence-corrected chi connectivity index (χ0v) is 26.3. The molecule has 2 aliphatic rings. The number of rotatable bonds is 10. The molecule has 1 saturated carbocycles. The maximum Gasteiger partial charge on any atom is 0.233 e. The van der Waals surface area contributed by atoms with E-state index in [9.17, 15) is 13.2 Å². The molecular formula is C28H35Cl4N3O3S. The molecule has 1 aliphatic carbocycles. The van der Waals surface area contributed by atoms with E-state index in [0.717, 1.165) is 49.9 Å². The SMILES string of the molecule is CN(Cc1ccc(Cl)c(Cl)c1)C(=O)C(C)(CCN1CCC(N(C2CC2)S(C)(=O)=O)CC1)c1ccc(Cl)c(Cl)c1. The number of carbonyl (C=O) groups is 1. The van der Waals surface area contributed by atoms with Gasteiger partial charge in [0.1, 0.15) is 0 Å². The first-order valence-electron chi connectivity index (χ1n) is 13.2. The molecule has 4 rings (SSSR count). The second-order valence-electron chi connectivity index (χ2n) is 11.0. The number of likely N-dealkylation sites (N-methyl/N-ethyl adjacent to an activating group) is 1. The Labute approximate surface area is 252 Å². The van der Waals surface area contributed by atoms with Crippen molar-refractivity contribution in [2.45, 2.75) is 63.1 Å². The number of benzene rings is 2. The first-order valence-corrected chi connectivity index (χ1v) is 16.5. The lowest BCUT2D eigenvalue weighted by molar-refractivity contribution is -0.136. The minimum absolute atomic E-state index is 0.0427. The molecule has 1 amide bonds. The minimum atomic E-state index is -3.22. The molecular weight excluding hydrogens is 600 g/mol. The molecule has 11 heteroatoms. The molecule has 1 atom stereocenters. The third-order valence-corrected chi connectivity index (χ3v) is 10.8. The summed E-state index contributed by atoms with van der Waals surface area (Å²) in [4.78, 5) is 18.1. The zero-order chi connectivity index (χ0) is 28.5. The van der Waals surface area contributed by atoms with Gasteiger partial charge in [0.25, 0.3) is 0 Å². The van der Waals surface area contributed by atoms with E-state index in [4.69, 9.17) is 46.4 Å². The Bertz CT molecular complexity index is 1310. The van der Waals surface area contributed by atoms with Gasteiger partial charge >= 0.3 is 0 Å². The lowest BCUT2D eigenvalue weighted by Crippen LogP contribution is -2.49. The van der Waals surface area contributed by atoms with E-state index in [1.54, 1.807) is 40.5 Å². The highest BCUT2D eigenvalue weighted by Gasteiger charge is 2.42. The van der Waals surface area contributed by atoms with Gasteiger partial charge in [-0.2, -0.15) is 4.31 Å². The smallest absolute Gasteiger partial charge is 0.233 e. The van der Waals surface area contributed by atoms with Crippen molar-refractivity contribution in [3.63, 3.8) is 0 Å². The number of sulfonamides is 1. The fourth-order valence-corrected chi connectivity index (χ4v) is 7.69. The van der Waals surface area contributed by atoms with Gasteiger partial charge in [0.15, 0.2) is 0 Å². The molecule has 1 unspecified atom stereocenters. The lowest BCUT2D eigenvalue weighted by Gasteiger charge is -2.39. The van der Waals surface area contributed by atoms with Crippen molar-refractivity contribution in [3.05, 3.63) is 67.6 Å². The number of nitrogens with zero attached hydrogens (tertiary/aromatic N) is 3. The van der Waals surface area contributed by atoms with Crippen LogP contribution in [0.1, 0.15) is 50.2 Å². The summed E-state index contributed by atoms with van der Waals surface area (Å²) < 4.78 is 26.5. The van der Waals surface area contributed by atoms with Gasteiger partial charge in [-0.25, -0.2) is 8.42 Å². The molecule has 2 aromatic carbocycles. The summed E-state index contributed by atoms with van der Waals surface area (Å²) in [5, 5.41) is 1.76. The maximum absolute atomic E-state index is 14.0. The number of piperidine rings is 1. The monoisotopic (exact) mass is 633 g/mol.